The summed E-state index contributed by atoms with van der Waals surface area (Å²) >= 11 is 0. The van der Waals surface area contributed by atoms with Gasteiger partial charge in [-0.3, -0.25) is 0 Å². The maximum atomic E-state index is 13.2. The summed E-state index contributed by atoms with van der Waals surface area (Å²) in [5, 5.41) is 0. The molecule has 0 radical (unpaired) electrons. The highest BCUT2D eigenvalue weighted by atomic mass is 19.3. The Kier molecular flexibility index (Phi) is 3.33. The Morgan fingerprint density at radius 3 is 2.82 bits per heavy atom. The molecule has 0 aromatic heterocycles. The van der Waals surface area contributed by atoms with Crippen LogP contribution in [-0.2, 0) is 12.8 Å². The fourth-order valence-electron chi connectivity index (χ4n) is 2.33. The summed E-state index contributed by atoms with van der Waals surface area (Å²) in [4.78, 5) is 2.26. The number of halogens is 2. The van der Waals surface area contributed by atoms with E-state index < -0.39 is 12.5 Å². The predicted octanol–water partition coefficient (Wildman–Crippen LogP) is 2.21. The molecule has 94 valence electrons. The van der Waals surface area contributed by atoms with Gasteiger partial charge in [-0.15, -0.1) is 0 Å². The Morgan fingerprint density at radius 2 is 2.18 bits per heavy atom. The molecule has 1 aromatic rings. The summed E-state index contributed by atoms with van der Waals surface area (Å²) in [5.41, 5.74) is 8.10. The molecule has 0 aliphatic carbocycles. The number of hydrogen-bond acceptors (Lipinski definition) is 2. The summed E-state index contributed by atoms with van der Waals surface area (Å²) in [7, 11) is 0. The first-order valence-electron chi connectivity index (χ1n) is 6.00. The van der Waals surface area contributed by atoms with Gasteiger partial charge in [0.15, 0.2) is 0 Å². The lowest BCUT2D eigenvalue weighted by molar-refractivity contribution is 0.0115. The lowest BCUT2D eigenvalue weighted by Crippen LogP contribution is -2.30. The van der Waals surface area contributed by atoms with Crippen LogP contribution in [0.2, 0.25) is 0 Å². The molecule has 0 unspecified atom stereocenters. The van der Waals surface area contributed by atoms with Crippen LogP contribution < -0.4 is 10.6 Å². The van der Waals surface area contributed by atoms with E-state index in [4.69, 9.17) is 5.73 Å². The zero-order valence-electron chi connectivity index (χ0n) is 10.0. The van der Waals surface area contributed by atoms with Crippen molar-refractivity contribution in [3.63, 3.8) is 0 Å². The van der Waals surface area contributed by atoms with Gasteiger partial charge in [0.1, 0.15) is 0 Å². The van der Waals surface area contributed by atoms with Crippen molar-refractivity contribution < 1.29 is 8.78 Å². The highest BCUT2D eigenvalue weighted by Gasteiger charge is 2.28. The number of fused-ring (bicyclic) bond motifs is 1. The Morgan fingerprint density at radius 1 is 1.41 bits per heavy atom. The van der Waals surface area contributed by atoms with Gasteiger partial charge in [0.05, 0.1) is 6.54 Å². The third-order valence-electron chi connectivity index (χ3n) is 3.28. The van der Waals surface area contributed by atoms with Crippen molar-refractivity contribution in [1.29, 1.82) is 0 Å². The minimum atomic E-state index is -2.79. The van der Waals surface area contributed by atoms with E-state index in [0.29, 0.717) is 5.56 Å². The Bertz CT molecular complexity index is 404. The van der Waals surface area contributed by atoms with Gasteiger partial charge in [0.2, 0.25) is 0 Å². The first-order valence-corrected chi connectivity index (χ1v) is 6.00. The number of nitrogens with zero attached hydrogens (tertiary/aromatic N) is 1. The van der Waals surface area contributed by atoms with Gasteiger partial charge in [0, 0.05) is 25.2 Å². The Hall–Kier alpha value is -1.16. The summed E-state index contributed by atoms with van der Waals surface area (Å²) in [6, 6.07) is 5.64. The summed E-state index contributed by atoms with van der Waals surface area (Å²) in [5.74, 6) is -2.79. The van der Waals surface area contributed by atoms with Crippen molar-refractivity contribution in [3.8, 4) is 0 Å². The molecule has 0 saturated carbocycles. The second kappa shape index (κ2) is 4.61. The van der Waals surface area contributed by atoms with E-state index >= 15 is 0 Å². The SMILES string of the molecule is CCN1CCc2cc(CC(F)(F)CN)ccc21. The Balaban J connectivity index is 2.18. The monoisotopic (exact) mass is 240 g/mol. The quantitative estimate of drug-likeness (QED) is 0.874. The topological polar surface area (TPSA) is 29.3 Å². The molecule has 0 saturated heterocycles. The molecule has 0 fully saturated rings. The maximum absolute atomic E-state index is 13.2. The van der Waals surface area contributed by atoms with Crippen LogP contribution in [-0.4, -0.2) is 25.6 Å². The Labute approximate surface area is 100 Å². The highest BCUT2D eigenvalue weighted by Crippen LogP contribution is 2.30. The maximum Gasteiger partial charge on any atom is 0.264 e. The number of alkyl halides is 2. The molecule has 1 aliphatic rings. The molecule has 0 amide bonds. The minimum absolute atomic E-state index is 0.261. The van der Waals surface area contributed by atoms with Crippen molar-refractivity contribution in [1.82, 2.24) is 0 Å². The van der Waals surface area contributed by atoms with E-state index in [2.05, 4.69) is 11.8 Å². The van der Waals surface area contributed by atoms with E-state index in [0.717, 1.165) is 19.5 Å². The predicted molar refractivity (Wildman–Crippen MR) is 65.7 cm³/mol. The number of rotatable bonds is 4. The van der Waals surface area contributed by atoms with E-state index in [1.54, 1.807) is 6.07 Å². The van der Waals surface area contributed by atoms with E-state index in [9.17, 15) is 8.78 Å². The number of nitrogens with two attached hydrogens (primary N) is 1. The molecular formula is C13H18F2N2. The number of anilines is 1. The molecule has 1 aliphatic heterocycles. The van der Waals surface area contributed by atoms with Crippen LogP contribution in [0.4, 0.5) is 14.5 Å². The minimum Gasteiger partial charge on any atom is -0.371 e. The fraction of sp³-hybridized carbons (Fsp3) is 0.538. The molecule has 1 heterocycles. The van der Waals surface area contributed by atoms with Crippen LogP contribution in [0.5, 0.6) is 0 Å². The van der Waals surface area contributed by atoms with Crippen LogP contribution in [0, 0.1) is 0 Å². The van der Waals surface area contributed by atoms with Crippen molar-refractivity contribution in [3.05, 3.63) is 29.3 Å². The largest absolute Gasteiger partial charge is 0.371 e. The van der Waals surface area contributed by atoms with Gasteiger partial charge in [-0.05, 0) is 30.5 Å². The van der Waals surface area contributed by atoms with E-state index in [1.165, 1.54) is 11.3 Å². The van der Waals surface area contributed by atoms with Gasteiger partial charge in [-0.1, -0.05) is 12.1 Å². The lowest BCUT2D eigenvalue weighted by atomic mass is 10.0. The summed E-state index contributed by atoms with van der Waals surface area (Å²) < 4.78 is 26.4. The molecule has 2 nitrogen and oxygen atoms in total. The standard InChI is InChI=1S/C13H18F2N2/c1-2-17-6-5-11-7-10(3-4-12(11)17)8-13(14,15)9-16/h3-4,7H,2,5-6,8-9,16H2,1H3. The van der Waals surface area contributed by atoms with Crippen molar-refractivity contribution in [2.45, 2.75) is 25.7 Å². The molecule has 0 bridgehead atoms. The third-order valence-corrected chi connectivity index (χ3v) is 3.28. The fourth-order valence-corrected chi connectivity index (χ4v) is 2.33. The number of hydrogen-bond donors (Lipinski definition) is 1. The van der Waals surface area contributed by atoms with E-state index in [-0.39, 0.29) is 6.42 Å². The second-order valence-corrected chi connectivity index (χ2v) is 4.53. The van der Waals surface area contributed by atoms with Crippen molar-refractivity contribution >= 4 is 5.69 Å². The van der Waals surface area contributed by atoms with Crippen LogP contribution in [0.1, 0.15) is 18.1 Å². The van der Waals surface area contributed by atoms with Gasteiger partial charge < -0.3 is 10.6 Å². The molecule has 4 heteroatoms. The average Bonchev–Trinajstić information content (AvgIpc) is 2.70. The number of benzene rings is 1. The highest BCUT2D eigenvalue weighted by molar-refractivity contribution is 5.59. The lowest BCUT2D eigenvalue weighted by Gasteiger charge is -2.18. The smallest absolute Gasteiger partial charge is 0.264 e. The van der Waals surface area contributed by atoms with Crippen LogP contribution in [0.3, 0.4) is 0 Å². The molecule has 17 heavy (non-hydrogen) atoms. The number of likely N-dealkylation sites (N-methyl/N-ethyl adjacent to an activating group) is 1. The molecular weight excluding hydrogens is 222 g/mol. The average molecular weight is 240 g/mol. The molecule has 0 atom stereocenters. The van der Waals surface area contributed by atoms with E-state index in [1.807, 2.05) is 12.1 Å². The molecule has 1 aromatic carbocycles. The van der Waals surface area contributed by atoms with Crippen LogP contribution >= 0.6 is 0 Å². The zero-order chi connectivity index (χ0) is 12.5. The van der Waals surface area contributed by atoms with Gasteiger partial charge >= 0.3 is 0 Å². The van der Waals surface area contributed by atoms with Crippen molar-refractivity contribution in [2.75, 3.05) is 24.5 Å². The normalized spacial score (nSPS) is 15.2. The molecule has 2 N–H and O–H groups in total. The zero-order valence-corrected chi connectivity index (χ0v) is 10.0. The first kappa shape index (κ1) is 12.3. The summed E-state index contributed by atoms with van der Waals surface area (Å²) in [6.45, 7) is 3.46. The third kappa shape index (κ3) is 2.57. The molecule has 2 rings (SSSR count). The van der Waals surface area contributed by atoms with Gasteiger partial charge in [0.25, 0.3) is 5.92 Å². The summed E-state index contributed by atoms with van der Waals surface area (Å²) in [6.07, 6.45) is 0.689. The van der Waals surface area contributed by atoms with Crippen LogP contribution in [0.15, 0.2) is 18.2 Å². The first-order chi connectivity index (χ1) is 8.05. The second-order valence-electron chi connectivity index (χ2n) is 4.53. The molecule has 0 spiro atoms. The van der Waals surface area contributed by atoms with Crippen molar-refractivity contribution in [2.24, 2.45) is 5.73 Å². The van der Waals surface area contributed by atoms with Gasteiger partial charge in [-0.25, -0.2) is 8.78 Å². The van der Waals surface area contributed by atoms with Gasteiger partial charge in [-0.2, -0.15) is 0 Å². The van der Waals surface area contributed by atoms with Crippen LogP contribution in [0.25, 0.3) is 0 Å².